The molecule has 4 rings (SSSR count). The lowest BCUT2D eigenvalue weighted by Crippen LogP contribution is -2.40. The molecule has 1 atom stereocenters. The summed E-state index contributed by atoms with van der Waals surface area (Å²) in [4.78, 5) is 10.9. The number of nitrogens with zero attached hydrogens (tertiary/aromatic N) is 5. The van der Waals surface area contributed by atoms with E-state index in [-0.39, 0.29) is 11.9 Å². The monoisotopic (exact) mass is 341 g/mol. The second kappa shape index (κ2) is 6.07. The van der Waals surface area contributed by atoms with Crippen molar-refractivity contribution < 1.29 is 9.13 Å². The van der Waals surface area contributed by atoms with E-state index in [1.807, 2.05) is 18.7 Å². The van der Waals surface area contributed by atoms with Gasteiger partial charge in [0.1, 0.15) is 18.0 Å². The van der Waals surface area contributed by atoms with E-state index in [0.29, 0.717) is 25.1 Å². The van der Waals surface area contributed by atoms with Crippen LogP contribution in [0.1, 0.15) is 23.0 Å². The summed E-state index contributed by atoms with van der Waals surface area (Å²) < 4.78 is 21.5. The average Bonchev–Trinajstić information content (AvgIpc) is 2.86. The fourth-order valence-corrected chi connectivity index (χ4v) is 3.61. The number of aryl methyl sites for hydroxylation is 2. The van der Waals surface area contributed by atoms with Gasteiger partial charge in [0.25, 0.3) is 0 Å². The molecule has 25 heavy (non-hydrogen) atoms. The first kappa shape index (κ1) is 16.0. The largest absolute Gasteiger partial charge is 0.377 e. The van der Waals surface area contributed by atoms with Crippen LogP contribution < -0.4 is 4.90 Å². The molecule has 130 valence electrons. The molecule has 0 aliphatic carbocycles. The van der Waals surface area contributed by atoms with Crippen molar-refractivity contribution in [3.05, 3.63) is 47.3 Å². The van der Waals surface area contributed by atoms with Crippen molar-refractivity contribution in [2.75, 3.05) is 24.7 Å². The van der Waals surface area contributed by atoms with E-state index in [1.165, 1.54) is 18.5 Å². The summed E-state index contributed by atoms with van der Waals surface area (Å²) in [6, 6.07) is 4.60. The van der Waals surface area contributed by atoms with Gasteiger partial charge in [-0.2, -0.15) is 5.10 Å². The third kappa shape index (κ3) is 2.64. The zero-order valence-corrected chi connectivity index (χ0v) is 14.5. The number of halogens is 1. The van der Waals surface area contributed by atoms with Crippen LogP contribution in [0.4, 0.5) is 10.2 Å². The highest BCUT2D eigenvalue weighted by atomic mass is 19.1. The summed E-state index contributed by atoms with van der Waals surface area (Å²) in [6.07, 6.45) is 1.53. The molecule has 0 spiro atoms. The molecule has 7 heteroatoms. The summed E-state index contributed by atoms with van der Waals surface area (Å²) in [7, 11) is 1.94. The van der Waals surface area contributed by atoms with Crippen molar-refractivity contribution in [2.45, 2.75) is 19.9 Å². The summed E-state index contributed by atoms with van der Waals surface area (Å²) in [5, 5.41) is 5.25. The first-order valence-electron chi connectivity index (χ1n) is 8.31. The van der Waals surface area contributed by atoms with Gasteiger partial charge in [0.15, 0.2) is 0 Å². The van der Waals surface area contributed by atoms with Crippen LogP contribution in [-0.4, -0.2) is 39.5 Å². The predicted molar refractivity (Wildman–Crippen MR) is 93.1 cm³/mol. The molecule has 0 amide bonds. The number of anilines is 1. The SMILES string of the molecule is Cc1nn(C)c(C)c1[C@H]1COCCN1c1ncnc2ccc(F)cc12. The van der Waals surface area contributed by atoms with Crippen molar-refractivity contribution in [2.24, 2.45) is 7.05 Å². The van der Waals surface area contributed by atoms with Crippen molar-refractivity contribution in [3.8, 4) is 0 Å². The van der Waals surface area contributed by atoms with E-state index in [9.17, 15) is 4.39 Å². The molecule has 1 aromatic carbocycles. The molecule has 0 bridgehead atoms. The average molecular weight is 341 g/mol. The zero-order valence-electron chi connectivity index (χ0n) is 14.5. The standard InChI is InChI=1S/C18H20FN5O/c1-11-17(12(2)23(3)22-11)16-9-25-7-6-24(16)18-14-8-13(19)4-5-15(14)20-10-21-18/h4-5,8,10,16H,6-7,9H2,1-3H3/t16-/m1/s1. The Labute approximate surface area is 145 Å². The molecule has 0 unspecified atom stereocenters. The van der Waals surface area contributed by atoms with Gasteiger partial charge in [-0.3, -0.25) is 4.68 Å². The summed E-state index contributed by atoms with van der Waals surface area (Å²) in [6.45, 7) is 5.90. The Morgan fingerprint density at radius 2 is 2.08 bits per heavy atom. The van der Waals surface area contributed by atoms with Gasteiger partial charge in [-0.1, -0.05) is 0 Å². The highest BCUT2D eigenvalue weighted by Gasteiger charge is 2.31. The number of rotatable bonds is 2. The lowest BCUT2D eigenvalue weighted by molar-refractivity contribution is 0.0935. The fourth-order valence-electron chi connectivity index (χ4n) is 3.61. The van der Waals surface area contributed by atoms with Gasteiger partial charge in [-0.05, 0) is 32.0 Å². The molecular weight excluding hydrogens is 321 g/mol. The van der Waals surface area contributed by atoms with E-state index in [0.717, 1.165) is 28.3 Å². The van der Waals surface area contributed by atoms with E-state index in [4.69, 9.17) is 4.74 Å². The van der Waals surface area contributed by atoms with Crippen molar-refractivity contribution >= 4 is 16.7 Å². The summed E-state index contributed by atoms with van der Waals surface area (Å²) in [5.41, 5.74) is 3.95. The van der Waals surface area contributed by atoms with Gasteiger partial charge in [-0.25, -0.2) is 14.4 Å². The van der Waals surface area contributed by atoms with Crippen LogP contribution in [0.2, 0.25) is 0 Å². The Bertz CT molecular complexity index is 939. The Morgan fingerprint density at radius 1 is 1.24 bits per heavy atom. The van der Waals surface area contributed by atoms with Crippen LogP contribution in [-0.2, 0) is 11.8 Å². The summed E-state index contributed by atoms with van der Waals surface area (Å²) in [5.74, 6) is 0.447. The number of hydrogen-bond donors (Lipinski definition) is 0. The minimum Gasteiger partial charge on any atom is -0.377 e. The van der Waals surface area contributed by atoms with Crippen molar-refractivity contribution in [1.82, 2.24) is 19.7 Å². The Kier molecular flexibility index (Phi) is 3.88. The van der Waals surface area contributed by atoms with E-state index < -0.39 is 0 Å². The predicted octanol–water partition coefficient (Wildman–Crippen LogP) is 2.70. The number of morpholine rings is 1. The fraction of sp³-hybridized carbons (Fsp3) is 0.389. The molecule has 2 aromatic heterocycles. The molecule has 1 fully saturated rings. The number of fused-ring (bicyclic) bond motifs is 1. The van der Waals surface area contributed by atoms with Crippen LogP contribution in [0.25, 0.3) is 10.9 Å². The van der Waals surface area contributed by atoms with Crippen LogP contribution in [0, 0.1) is 19.7 Å². The molecule has 3 heterocycles. The second-order valence-corrected chi connectivity index (χ2v) is 6.35. The molecule has 1 saturated heterocycles. The maximum Gasteiger partial charge on any atom is 0.140 e. The first-order valence-corrected chi connectivity index (χ1v) is 8.31. The molecule has 1 aliphatic heterocycles. The molecule has 0 N–H and O–H groups in total. The molecule has 0 radical (unpaired) electrons. The molecular formula is C18H20FN5O. The third-order valence-electron chi connectivity index (χ3n) is 4.88. The number of ether oxygens (including phenoxy) is 1. The van der Waals surface area contributed by atoms with Gasteiger partial charge >= 0.3 is 0 Å². The molecule has 3 aromatic rings. The zero-order chi connectivity index (χ0) is 17.6. The third-order valence-corrected chi connectivity index (χ3v) is 4.88. The van der Waals surface area contributed by atoms with Crippen molar-refractivity contribution in [1.29, 1.82) is 0 Å². The van der Waals surface area contributed by atoms with Gasteiger partial charge in [0.05, 0.1) is 30.5 Å². The van der Waals surface area contributed by atoms with E-state index in [2.05, 4.69) is 26.9 Å². The maximum atomic E-state index is 13.8. The van der Waals surface area contributed by atoms with Crippen molar-refractivity contribution in [3.63, 3.8) is 0 Å². The second-order valence-electron chi connectivity index (χ2n) is 6.35. The maximum absolute atomic E-state index is 13.8. The minimum absolute atomic E-state index is 0.0104. The Morgan fingerprint density at radius 3 is 2.84 bits per heavy atom. The van der Waals surface area contributed by atoms with Gasteiger partial charge in [0.2, 0.25) is 0 Å². The van der Waals surface area contributed by atoms with E-state index in [1.54, 1.807) is 6.07 Å². The number of hydrogen-bond acceptors (Lipinski definition) is 5. The van der Waals surface area contributed by atoms with Gasteiger partial charge in [0, 0.05) is 30.2 Å². The van der Waals surface area contributed by atoms with E-state index >= 15 is 0 Å². The first-order chi connectivity index (χ1) is 12.1. The number of aromatic nitrogens is 4. The smallest absolute Gasteiger partial charge is 0.140 e. The molecule has 1 aliphatic rings. The minimum atomic E-state index is -0.290. The topological polar surface area (TPSA) is 56.1 Å². The van der Waals surface area contributed by atoms with Crippen LogP contribution in [0.15, 0.2) is 24.5 Å². The lowest BCUT2D eigenvalue weighted by Gasteiger charge is -2.37. The van der Waals surface area contributed by atoms with Gasteiger partial charge in [-0.15, -0.1) is 0 Å². The lowest BCUT2D eigenvalue weighted by atomic mass is 10.0. The normalized spacial score (nSPS) is 18.1. The number of benzene rings is 1. The molecule has 0 saturated carbocycles. The van der Waals surface area contributed by atoms with Crippen LogP contribution in [0.3, 0.4) is 0 Å². The highest BCUT2D eigenvalue weighted by molar-refractivity contribution is 5.89. The Hall–Kier alpha value is -2.54. The van der Waals surface area contributed by atoms with Crippen LogP contribution in [0.5, 0.6) is 0 Å². The highest BCUT2D eigenvalue weighted by Crippen LogP contribution is 2.35. The quantitative estimate of drug-likeness (QED) is 0.717. The Balaban J connectivity index is 1.87. The van der Waals surface area contributed by atoms with Crippen LogP contribution >= 0.6 is 0 Å². The van der Waals surface area contributed by atoms with Gasteiger partial charge < -0.3 is 9.64 Å². The summed E-state index contributed by atoms with van der Waals surface area (Å²) >= 11 is 0. The molecule has 6 nitrogen and oxygen atoms in total.